The standard InChI is InChI=1S/C33H42O5/c1-5-31(34)38-21-9-7-6-8-20-37-28-17-15-27(16-18-28)32(35)26-13-11-25(12-14-26)22-30-24(4)10-19-29(23(2)3)33(30)36/h5,11-18,23-24,29-30H,1,6-10,19-22H2,2-4H3. The van der Waals surface area contributed by atoms with Crippen LogP contribution in [-0.4, -0.2) is 30.7 Å². The molecule has 204 valence electrons. The average Bonchev–Trinajstić information content (AvgIpc) is 2.92. The van der Waals surface area contributed by atoms with Gasteiger partial charge in [-0.25, -0.2) is 4.79 Å². The van der Waals surface area contributed by atoms with Gasteiger partial charge in [-0.1, -0.05) is 51.6 Å². The SMILES string of the molecule is C=CC(=O)OCCCCCCOc1ccc(C(=O)c2ccc(CC3C(=O)C(C(C)C)CCC3C)cc2)cc1. The smallest absolute Gasteiger partial charge is 0.330 e. The normalized spacial score (nSPS) is 19.3. The van der Waals surface area contributed by atoms with Crippen molar-refractivity contribution in [3.8, 4) is 5.75 Å². The first-order valence-electron chi connectivity index (χ1n) is 14.0. The summed E-state index contributed by atoms with van der Waals surface area (Å²) in [5, 5.41) is 0. The van der Waals surface area contributed by atoms with Crippen molar-refractivity contribution in [3.63, 3.8) is 0 Å². The molecule has 0 spiro atoms. The Hall–Kier alpha value is -3.21. The summed E-state index contributed by atoms with van der Waals surface area (Å²) in [7, 11) is 0. The fourth-order valence-corrected chi connectivity index (χ4v) is 5.20. The highest BCUT2D eigenvalue weighted by Crippen LogP contribution is 2.36. The summed E-state index contributed by atoms with van der Waals surface area (Å²) >= 11 is 0. The lowest BCUT2D eigenvalue weighted by Crippen LogP contribution is -2.37. The molecule has 1 aliphatic carbocycles. The van der Waals surface area contributed by atoms with Gasteiger partial charge in [-0.3, -0.25) is 9.59 Å². The molecular formula is C33H42O5. The molecule has 38 heavy (non-hydrogen) atoms. The van der Waals surface area contributed by atoms with Gasteiger partial charge in [0.2, 0.25) is 0 Å². The van der Waals surface area contributed by atoms with Gasteiger partial charge >= 0.3 is 5.97 Å². The van der Waals surface area contributed by atoms with E-state index in [1.165, 1.54) is 6.08 Å². The maximum absolute atomic E-state index is 13.1. The molecule has 1 saturated carbocycles. The van der Waals surface area contributed by atoms with E-state index in [2.05, 4.69) is 27.4 Å². The Balaban J connectivity index is 1.44. The molecule has 3 atom stereocenters. The minimum Gasteiger partial charge on any atom is -0.494 e. The van der Waals surface area contributed by atoms with Crippen LogP contribution in [0.25, 0.3) is 0 Å². The molecule has 0 aromatic heterocycles. The Kier molecular flexibility index (Phi) is 11.3. The van der Waals surface area contributed by atoms with E-state index in [9.17, 15) is 14.4 Å². The number of hydrogen-bond donors (Lipinski definition) is 0. The summed E-state index contributed by atoms with van der Waals surface area (Å²) in [4.78, 5) is 37.0. The van der Waals surface area contributed by atoms with Gasteiger partial charge < -0.3 is 9.47 Å². The number of ketones is 2. The number of rotatable bonds is 14. The highest BCUT2D eigenvalue weighted by molar-refractivity contribution is 6.09. The van der Waals surface area contributed by atoms with Crippen LogP contribution in [0.1, 0.15) is 80.8 Å². The largest absolute Gasteiger partial charge is 0.494 e. The van der Waals surface area contributed by atoms with E-state index in [1.54, 1.807) is 12.1 Å². The third-order valence-electron chi connectivity index (χ3n) is 7.66. The maximum atomic E-state index is 13.1. The van der Waals surface area contributed by atoms with Crippen LogP contribution in [0.4, 0.5) is 0 Å². The second kappa shape index (κ2) is 14.7. The number of unbranched alkanes of at least 4 members (excludes halogenated alkanes) is 3. The van der Waals surface area contributed by atoms with E-state index >= 15 is 0 Å². The summed E-state index contributed by atoms with van der Waals surface area (Å²) in [6, 6.07) is 15.0. The van der Waals surface area contributed by atoms with Gasteiger partial charge in [0.25, 0.3) is 0 Å². The van der Waals surface area contributed by atoms with Gasteiger partial charge in [0.15, 0.2) is 5.78 Å². The molecule has 1 fully saturated rings. The lowest BCUT2D eigenvalue weighted by atomic mass is 9.68. The van der Waals surface area contributed by atoms with Crippen LogP contribution in [0.15, 0.2) is 61.2 Å². The summed E-state index contributed by atoms with van der Waals surface area (Å²) in [6.07, 6.45) is 7.71. The van der Waals surface area contributed by atoms with Gasteiger partial charge in [-0.15, -0.1) is 0 Å². The van der Waals surface area contributed by atoms with E-state index in [-0.39, 0.29) is 23.6 Å². The Bertz CT molecular complexity index is 1070. The minimum absolute atomic E-state index is 0.0257. The quantitative estimate of drug-likeness (QED) is 0.116. The number of carbonyl (C=O) groups is 3. The van der Waals surface area contributed by atoms with Crippen molar-refractivity contribution in [1.82, 2.24) is 0 Å². The Morgan fingerprint density at radius 2 is 1.53 bits per heavy atom. The fraction of sp³-hybridized carbons (Fsp3) is 0.485. The average molecular weight is 519 g/mol. The van der Waals surface area contributed by atoms with Crippen molar-refractivity contribution in [1.29, 1.82) is 0 Å². The molecule has 5 nitrogen and oxygen atoms in total. The molecule has 0 bridgehead atoms. The fourth-order valence-electron chi connectivity index (χ4n) is 5.20. The zero-order chi connectivity index (χ0) is 27.5. The molecular weight excluding hydrogens is 476 g/mol. The minimum atomic E-state index is -0.380. The Labute approximate surface area is 227 Å². The van der Waals surface area contributed by atoms with E-state index in [0.29, 0.717) is 42.0 Å². The number of esters is 1. The van der Waals surface area contributed by atoms with E-state index < -0.39 is 0 Å². The van der Waals surface area contributed by atoms with Crippen LogP contribution in [0.3, 0.4) is 0 Å². The van der Waals surface area contributed by atoms with Crippen LogP contribution < -0.4 is 4.74 Å². The lowest BCUT2D eigenvalue weighted by Gasteiger charge is -2.35. The molecule has 2 aromatic rings. The van der Waals surface area contributed by atoms with Crippen molar-refractivity contribution in [2.75, 3.05) is 13.2 Å². The van der Waals surface area contributed by atoms with Crippen LogP contribution in [0, 0.1) is 23.7 Å². The van der Waals surface area contributed by atoms with Crippen LogP contribution >= 0.6 is 0 Å². The van der Waals surface area contributed by atoms with Gasteiger partial charge in [0.1, 0.15) is 11.5 Å². The molecule has 0 saturated heterocycles. The van der Waals surface area contributed by atoms with Gasteiger partial charge in [0.05, 0.1) is 13.2 Å². The highest BCUT2D eigenvalue weighted by Gasteiger charge is 2.37. The molecule has 0 aliphatic heterocycles. The first kappa shape index (κ1) is 29.3. The summed E-state index contributed by atoms with van der Waals surface area (Å²) < 4.78 is 10.8. The van der Waals surface area contributed by atoms with Crippen LogP contribution in [-0.2, 0) is 20.7 Å². The zero-order valence-electron chi connectivity index (χ0n) is 23.1. The molecule has 0 amide bonds. The van der Waals surface area contributed by atoms with Crippen LogP contribution in [0.5, 0.6) is 5.75 Å². The first-order chi connectivity index (χ1) is 18.3. The number of hydrogen-bond acceptors (Lipinski definition) is 5. The zero-order valence-corrected chi connectivity index (χ0v) is 23.1. The van der Waals surface area contributed by atoms with E-state index in [1.807, 2.05) is 36.4 Å². The first-order valence-corrected chi connectivity index (χ1v) is 14.0. The molecule has 0 heterocycles. The lowest BCUT2D eigenvalue weighted by molar-refractivity contribution is -0.138. The van der Waals surface area contributed by atoms with Gasteiger partial charge in [0, 0.05) is 29.0 Å². The molecule has 0 N–H and O–H groups in total. The van der Waals surface area contributed by atoms with Crippen molar-refractivity contribution < 1.29 is 23.9 Å². The molecule has 3 rings (SSSR count). The van der Waals surface area contributed by atoms with E-state index in [4.69, 9.17) is 9.47 Å². The molecule has 5 heteroatoms. The van der Waals surface area contributed by atoms with Crippen molar-refractivity contribution >= 4 is 17.5 Å². The summed E-state index contributed by atoms with van der Waals surface area (Å²) in [6.45, 7) is 10.9. The monoisotopic (exact) mass is 518 g/mol. The second-order valence-electron chi connectivity index (χ2n) is 10.8. The molecule has 2 aromatic carbocycles. The van der Waals surface area contributed by atoms with Crippen molar-refractivity contribution in [3.05, 3.63) is 77.9 Å². The second-order valence-corrected chi connectivity index (χ2v) is 10.8. The number of benzene rings is 2. The summed E-state index contributed by atoms with van der Waals surface area (Å²) in [5.74, 6) is 1.76. The number of ether oxygens (including phenoxy) is 2. The van der Waals surface area contributed by atoms with Crippen molar-refractivity contribution in [2.24, 2.45) is 23.7 Å². The topological polar surface area (TPSA) is 69.7 Å². The predicted molar refractivity (Wildman–Crippen MR) is 150 cm³/mol. The third-order valence-corrected chi connectivity index (χ3v) is 7.66. The van der Waals surface area contributed by atoms with Crippen molar-refractivity contribution in [2.45, 2.75) is 65.7 Å². The van der Waals surface area contributed by atoms with E-state index in [0.717, 1.165) is 56.3 Å². The Morgan fingerprint density at radius 3 is 2.13 bits per heavy atom. The van der Waals surface area contributed by atoms with Gasteiger partial charge in [-0.05, 0) is 86.6 Å². The maximum Gasteiger partial charge on any atom is 0.330 e. The predicted octanol–water partition coefficient (Wildman–Crippen LogP) is 7.02. The third kappa shape index (κ3) is 8.41. The molecule has 3 unspecified atom stereocenters. The Morgan fingerprint density at radius 1 is 0.921 bits per heavy atom. The van der Waals surface area contributed by atoms with Crippen LogP contribution in [0.2, 0.25) is 0 Å². The molecule has 1 aliphatic rings. The van der Waals surface area contributed by atoms with Gasteiger partial charge in [-0.2, -0.15) is 0 Å². The molecule has 0 radical (unpaired) electrons. The number of Topliss-reactive ketones (excluding diaryl/α,β-unsaturated/α-hetero) is 1. The highest BCUT2D eigenvalue weighted by atomic mass is 16.5. The number of carbonyl (C=O) groups excluding carboxylic acids is 3. The summed E-state index contributed by atoms with van der Waals surface area (Å²) in [5.41, 5.74) is 2.37.